The Hall–Kier alpha value is -1.24. The Labute approximate surface area is 155 Å². The summed E-state index contributed by atoms with van der Waals surface area (Å²) in [4.78, 5) is 2.28. The van der Waals surface area contributed by atoms with E-state index in [0.29, 0.717) is 25.3 Å². The number of alkyl halides is 6. The minimum atomic E-state index is -5.23. The van der Waals surface area contributed by atoms with Crippen LogP contribution in [0.2, 0.25) is 0 Å². The van der Waals surface area contributed by atoms with Crippen molar-refractivity contribution in [1.29, 1.82) is 0 Å². The van der Waals surface area contributed by atoms with Crippen LogP contribution in [0.5, 0.6) is 0 Å². The molecule has 7 heteroatoms. The van der Waals surface area contributed by atoms with E-state index in [1.54, 1.807) is 0 Å². The van der Waals surface area contributed by atoms with Gasteiger partial charge in [-0.25, -0.2) is 0 Å². The molecule has 152 valence electrons. The average molecular weight is 393 g/mol. The van der Waals surface area contributed by atoms with Crippen LogP contribution < -0.4 is 0 Å². The molecule has 0 amide bonds. The molecule has 0 aliphatic heterocycles. The van der Waals surface area contributed by atoms with Gasteiger partial charge in [-0.3, -0.25) is 4.90 Å². The van der Waals surface area contributed by atoms with Crippen molar-refractivity contribution in [1.82, 2.24) is 4.90 Å². The van der Waals surface area contributed by atoms with Crippen LogP contribution in [0.1, 0.15) is 44.1 Å². The summed E-state index contributed by atoms with van der Waals surface area (Å²) in [6.45, 7) is 1.58. The number of hydrogen-bond donors (Lipinski definition) is 0. The van der Waals surface area contributed by atoms with Gasteiger partial charge in [0.2, 0.25) is 0 Å². The molecule has 1 aromatic rings. The van der Waals surface area contributed by atoms with Gasteiger partial charge >= 0.3 is 12.4 Å². The number of halogens is 6. The van der Waals surface area contributed by atoms with Gasteiger partial charge in [-0.15, -0.1) is 0 Å². The highest BCUT2D eigenvalue weighted by Gasteiger charge is 2.60. The number of hydrogen-bond acceptors (Lipinski definition) is 1. The molecule has 0 bridgehead atoms. The molecule has 2 saturated carbocycles. The summed E-state index contributed by atoms with van der Waals surface area (Å²) >= 11 is 0. The fourth-order valence-electron chi connectivity index (χ4n) is 4.31. The minimum Gasteiger partial charge on any atom is -0.296 e. The smallest absolute Gasteiger partial charge is 0.296 e. The maximum atomic E-state index is 13.0. The van der Waals surface area contributed by atoms with Crippen LogP contribution >= 0.6 is 0 Å². The highest BCUT2D eigenvalue weighted by atomic mass is 19.4. The molecule has 0 unspecified atom stereocenters. The van der Waals surface area contributed by atoms with Crippen molar-refractivity contribution >= 4 is 0 Å². The molecule has 2 fully saturated rings. The molecule has 1 nitrogen and oxygen atoms in total. The average Bonchev–Trinajstić information content (AvgIpc) is 3.37. The van der Waals surface area contributed by atoms with Gasteiger partial charge in [0.15, 0.2) is 5.92 Å². The van der Waals surface area contributed by atoms with E-state index < -0.39 is 24.2 Å². The van der Waals surface area contributed by atoms with Crippen molar-refractivity contribution < 1.29 is 26.3 Å². The fraction of sp³-hybridized carbons (Fsp3) is 0.700. The van der Waals surface area contributed by atoms with Crippen LogP contribution in [0.4, 0.5) is 26.3 Å². The lowest BCUT2D eigenvalue weighted by Crippen LogP contribution is -2.46. The molecular formula is C20H25F6N. The van der Waals surface area contributed by atoms with Gasteiger partial charge in [-0.1, -0.05) is 30.3 Å². The summed E-state index contributed by atoms with van der Waals surface area (Å²) in [6, 6.07) is 9.89. The van der Waals surface area contributed by atoms with Crippen molar-refractivity contribution in [3.8, 4) is 0 Å². The summed E-state index contributed by atoms with van der Waals surface area (Å²) in [7, 11) is 0. The van der Waals surface area contributed by atoms with Crippen LogP contribution in [0.15, 0.2) is 30.3 Å². The molecule has 2 aliphatic carbocycles. The van der Waals surface area contributed by atoms with Crippen molar-refractivity contribution in [3.63, 3.8) is 0 Å². The molecule has 0 spiro atoms. The second kappa shape index (κ2) is 8.02. The van der Waals surface area contributed by atoms with E-state index in [2.05, 4.69) is 4.90 Å². The monoisotopic (exact) mass is 393 g/mol. The third kappa shape index (κ3) is 5.62. The van der Waals surface area contributed by atoms with Gasteiger partial charge in [-0.2, -0.15) is 26.3 Å². The predicted octanol–water partition coefficient (Wildman–Crippen LogP) is 6.20. The molecule has 3 rings (SSSR count). The van der Waals surface area contributed by atoms with Crippen LogP contribution in [0, 0.1) is 17.8 Å². The molecule has 0 N–H and O–H groups in total. The van der Waals surface area contributed by atoms with Crippen LogP contribution in [-0.2, 0) is 6.54 Å². The van der Waals surface area contributed by atoms with Crippen LogP contribution in [0.25, 0.3) is 0 Å². The Balaban J connectivity index is 1.64. The van der Waals surface area contributed by atoms with E-state index in [-0.39, 0.29) is 18.9 Å². The Morgan fingerprint density at radius 3 is 1.85 bits per heavy atom. The predicted molar refractivity (Wildman–Crippen MR) is 90.9 cm³/mol. The van der Waals surface area contributed by atoms with E-state index in [1.165, 1.54) is 0 Å². The first-order chi connectivity index (χ1) is 12.6. The normalized spacial score (nSPS) is 24.6. The van der Waals surface area contributed by atoms with Gasteiger partial charge in [0.1, 0.15) is 0 Å². The Morgan fingerprint density at radius 2 is 1.37 bits per heavy atom. The molecule has 0 atom stereocenters. The molecule has 2 aliphatic rings. The molecule has 0 saturated heterocycles. The molecule has 0 heterocycles. The lowest BCUT2D eigenvalue weighted by atomic mass is 9.77. The topological polar surface area (TPSA) is 3.24 Å². The summed E-state index contributed by atoms with van der Waals surface area (Å²) in [5.41, 5.74) is 1.13. The van der Waals surface area contributed by atoms with Crippen LogP contribution in [0.3, 0.4) is 0 Å². The molecule has 1 aromatic carbocycles. The second-order valence-electron chi connectivity index (χ2n) is 7.99. The molecule has 0 radical (unpaired) electrons. The minimum absolute atomic E-state index is 0.0235. The first kappa shape index (κ1) is 20.5. The van der Waals surface area contributed by atoms with E-state index in [0.717, 1.165) is 24.9 Å². The van der Waals surface area contributed by atoms with E-state index in [4.69, 9.17) is 0 Å². The SMILES string of the molecule is FC(F)(F)C(C1CCC(N(Cc2ccccc2)CC2CC2)CC1)C(F)(F)F. The highest BCUT2D eigenvalue weighted by Crippen LogP contribution is 2.48. The first-order valence-corrected chi connectivity index (χ1v) is 9.56. The zero-order chi connectivity index (χ0) is 19.7. The van der Waals surface area contributed by atoms with Gasteiger partial charge in [0, 0.05) is 19.1 Å². The van der Waals surface area contributed by atoms with E-state index in [1.807, 2.05) is 30.3 Å². The Morgan fingerprint density at radius 1 is 0.815 bits per heavy atom. The fourth-order valence-corrected chi connectivity index (χ4v) is 4.31. The van der Waals surface area contributed by atoms with Gasteiger partial charge < -0.3 is 0 Å². The maximum absolute atomic E-state index is 13.0. The maximum Gasteiger partial charge on any atom is 0.400 e. The quantitative estimate of drug-likeness (QED) is 0.520. The van der Waals surface area contributed by atoms with Crippen molar-refractivity contribution in [2.24, 2.45) is 17.8 Å². The molecular weight excluding hydrogens is 368 g/mol. The summed E-state index contributed by atoms with van der Waals surface area (Å²) in [5, 5.41) is 0. The molecule has 0 aromatic heterocycles. The lowest BCUT2D eigenvalue weighted by Gasteiger charge is -2.40. The van der Waals surface area contributed by atoms with Crippen molar-refractivity contribution in [2.75, 3.05) is 6.54 Å². The number of benzene rings is 1. The standard InChI is InChI=1S/C20H25F6N/c21-19(22,23)18(20(24,25)26)16-8-10-17(11-9-16)27(13-15-6-7-15)12-14-4-2-1-3-5-14/h1-5,15-18H,6-13H2. The number of nitrogens with zero attached hydrogens (tertiary/aromatic N) is 1. The number of rotatable bonds is 6. The highest BCUT2D eigenvalue weighted by molar-refractivity contribution is 5.14. The third-order valence-corrected chi connectivity index (χ3v) is 5.85. The zero-order valence-corrected chi connectivity index (χ0v) is 15.1. The van der Waals surface area contributed by atoms with Gasteiger partial charge in [0.25, 0.3) is 0 Å². The summed E-state index contributed by atoms with van der Waals surface area (Å²) in [6.07, 6.45) is -7.40. The Bertz CT molecular complexity index is 571. The summed E-state index contributed by atoms with van der Waals surface area (Å²) in [5.74, 6) is -3.94. The van der Waals surface area contributed by atoms with E-state index >= 15 is 0 Å². The lowest BCUT2D eigenvalue weighted by molar-refractivity contribution is -0.301. The van der Waals surface area contributed by atoms with Gasteiger partial charge in [0.05, 0.1) is 0 Å². The summed E-state index contributed by atoms with van der Waals surface area (Å²) < 4.78 is 78.0. The Kier molecular flexibility index (Phi) is 6.08. The molecule has 27 heavy (non-hydrogen) atoms. The van der Waals surface area contributed by atoms with E-state index in [9.17, 15) is 26.3 Å². The van der Waals surface area contributed by atoms with Crippen molar-refractivity contribution in [3.05, 3.63) is 35.9 Å². The van der Waals surface area contributed by atoms with Gasteiger partial charge in [-0.05, 0) is 55.9 Å². The van der Waals surface area contributed by atoms with Crippen molar-refractivity contribution in [2.45, 2.75) is 63.5 Å². The first-order valence-electron chi connectivity index (χ1n) is 9.56. The third-order valence-electron chi connectivity index (χ3n) is 5.85. The van der Waals surface area contributed by atoms with Crippen LogP contribution in [-0.4, -0.2) is 29.8 Å². The zero-order valence-electron chi connectivity index (χ0n) is 15.1. The second-order valence-corrected chi connectivity index (χ2v) is 7.99. The largest absolute Gasteiger partial charge is 0.400 e.